The lowest BCUT2D eigenvalue weighted by Gasteiger charge is -2.29. The van der Waals surface area contributed by atoms with Crippen molar-refractivity contribution in [3.8, 4) is 11.4 Å². The number of para-hydroxylation sites is 2. The molecular formula is C19H25N3O2. The number of phenols is 1. The quantitative estimate of drug-likeness (QED) is 0.938. The van der Waals surface area contributed by atoms with Gasteiger partial charge in [-0.1, -0.05) is 12.1 Å². The van der Waals surface area contributed by atoms with Crippen molar-refractivity contribution in [1.29, 1.82) is 0 Å². The number of rotatable bonds is 4. The van der Waals surface area contributed by atoms with Gasteiger partial charge in [0.15, 0.2) is 0 Å². The summed E-state index contributed by atoms with van der Waals surface area (Å²) in [5.74, 6) is 0.870. The normalized spacial score (nSPS) is 21.6. The van der Waals surface area contributed by atoms with E-state index >= 15 is 0 Å². The summed E-state index contributed by atoms with van der Waals surface area (Å²) in [5.41, 5.74) is 3.43. The van der Waals surface area contributed by atoms with Crippen LogP contribution in [-0.4, -0.2) is 52.6 Å². The number of morpholine rings is 1. The highest BCUT2D eigenvalue weighted by Gasteiger charge is 2.26. The largest absolute Gasteiger partial charge is 0.506 e. The molecule has 1 N–H and O–H groups in total. The van der Waals surface area contributed by atoms with Gasteiger partial charge in [0.05, 0.1) is 19.4 Å². The maximum atomic E-state index is 10.1. The van der Waals surface area contributed by atoms with E-state index in [4.69, 9.17) is 4.74 Å². The number of fused-ring (bicyclic) bond motifs is 1. The van der Waals surface area contributed by atoms with Crippen LogP contribution in [0.25, 0.3) is 5.69 Å². The highest BCUT2D eigenvalue weighted by atomic mass is 16.5. The van der Waals surface area contributed by atoms with Crippen LogP contribution in [0, 0.1) is 0 Å². The minimum atomic E-state index is 0.291. The Morgan fingerprint density at radius 3 is 2.88 bits per heavy atom. The Bertz CT molecular complexity index is 692. The number of aromatic hydroxyl groups is 1. The van der Waals surface area contributed by atoms with E-state index in [0.29, 0.717) is 11.7 Å². The van der Waals surface area contributed by atoms with Gasteiger partial charge >= 0.3 is 0 Å². The van der Waals surface area contributed by atoms with E-state index in [1.54, 1.807) is 6.07 Å². The first-order valence-corrected chi connectivity index (χ1v) is 8.98. The van der Waals surface area contributed by atoms with Crippen LogP contribution in [0.5, 0.6) is 5.75 Å². The predicted molar refractivity (Wildman–Crippen MR) is 92.8 cm³/mol. The van der Waals surface area contributed by atoms with E-state index in [0.717, 1.165) is 45.0 Å². The van der Waals surface area contributed by atoms with Crippen LogP contribution < -0.4 is 0 Å². The van der Waals surface area contributed by atoms with Crippen LogP contribution in [0.1, 0.15) is 36.4 Å². The molecule has 128 valence electrons. The maximum absolute atomic E-state index is 10.1. The summed E-state index contributed by atoms with van der Waals surface area (Å²) in [7, 11) is 0. The molecule has 2 heterocycles. The van der Waals surface area contributed by atoms with Crippen molar-refractivity contribution in [2.75, 3.05) is 32.8 Å². The lowest BCUT2D eigenvalue weighted by atomic mass is 9.84. The molecule has 24 heavy (non-hydrogen) atoms. The Labute approximate surface area is 142 Å². The molecule has 0 saturated carbocycles. The lowest BCUT2D eigenvalue weighted by molar-refractivity contribution is 0.0363. The summed E-state index contributed by atoms with van der Waals surface area (Å²) < 4.78 is 7.37. The third kappa shape index (κ3) is 3.06. The molecule has 4 rings (SSSR count). The van der Waals surface area contributed by atoms with Crippen LogP contribution in [0.4, 0.5) is 0 Å². The van der Waals surface area contributed by atoms with Crippen LogP contribution >= 0.6 is 0 Å². The first-order valence-electron chi connectivity index (χ1n) is 8.98. The van der Waals surface area contributed by atoms with Crippen LogP contribution in [0.2, 0.25) is 0 Å². The van der Waals surface area contributed by atoms with Gasteiger partial charge in [-0.15, -0.1) is 0 Å². The highest BCUT2D eigenvalue weighted by molar-refractivity contribution is 5.47. The minimum Gasteiger partial charge on any atom is -0.506 e. The van der Waals surface area contributed by atoms with Crippen molar-refractivity contribution in [2.45, 2.75) is 31.6 Å². The highest BCUT2D eigenvalue weighted by Crippen LogP contribution is 2.36. The average Bonchev–Trinajstić information content (AvgIpc) is 3.06. The standard InChI is InChI=1S/C19H25N3O2/c23-19-7-2-1-5-18(19)22-17-6-3-4-15(16(17)14-20-22)8-9-21-10-12-24-13-11-21/h1-2,5,7,14-15,23H,3-4,6,8-13H2. The summed E-state index contributed by atoms with van der Waals surface area (Å²) in [4.78, 5) is 2.51. The molecule has 0 spiro atoms. The van der Waals surface area contributed by atoms with E-state index in [2.05, 4.69) is 10.00 Å². The second kappa shape index (κ2) is 6.95. The number of hydrogen-bond donors (Lipinski definition) is 1. The Hall–Kier alpha value is -1.85. The van der Waals surface area contributed by atoms with Crippen molar-refractivity contribution < 1.29 is 9.84 Å². The number of aromatic nitrogens is 2. The molecule has 2 aliphatic rings. The first kappa shape index (κ1) is 15.7. The summed E-state index contributed by atoms with van der Waals surface area (Å²) in [6.07, 6.45) is 6.67. The van der Waals surface area contributed by atoms with E-state index in [1.807, 2.05) is 29.1 Å². The Kier molecular flexibility index (Phi) is 4.54. The average molecular weight is 327 g/mol. The molecule has 0 bridgehead atoms. The van der Waals surface area contributed by atoms with Crippen LogP contribution in [-0.2, 0) is 11.2 Å². The SMILES string of the molecule is Oc1ccccc1-n1ncc2c1CCCC2CCN1CCOCC1. The van der Waals surface area contributed by atoms with E-state index in [-0.39, 0.29) is 0 Å². The molecule has 1 saturated heterocycles. The molecule has 1 aromatic heterocycles. The smallest absolute Gasteiger partial charge is 0.141 e. The Morgan fingerprint density at radius 2 is 2.04 bits per heavy atom. The summed E-state index contributed by atoms with van der Waals surface area (Å²) in [6.45, 7) is 4.96. The van der Waals surface area contributed by atoms with Crippen LogP contribution in [0.15, 0.2) is 30.5 Å². The maximum Gasteiger partial charge on any atom is 0.141 e. The zero-order chi connectivity index (χ0) is 16.4. The van der Waals surface area contributed by atoms with Gasteiger partial charge < -0.3 is 9.84 Å². The molecule has 1 fully saturated rings. The molecule has 2 aromatic rings. The number of phenolic OH excluding ortho intramolecular Hbond substituents is 1. The lowest BCUT2D eigenvalue weighted by Crippen LogP contribution is -2.37. The van der Waals surface area contributed by atoms with Crippen molar-refractivity contribution in [1.82, 2.24) is 14.7 Å². The molecule has 0 amide bonds. The third-order valence-electron chi connectivity index (χ3n) is 5.31. The molecule has 1 aromatic carbocycles. The van der Waals surface area contributed by atoms with Gasteiger partial charge in [0, 0.05) is 18.8 Å². The molecule has 1 aliphatic carbocycles. The second-order valence-electron chi connectivity index (χ2n) is 6.78. The number of ether oxygens (including phenoxy) is 1. The van der Waals surface area contributed by atoms with Gasteiger partial charge in [0.2, 0.25) is 0 Å². The van der Waals surface area contributed by atoms with Crippen molar-refractivity contribution in [3.63, 3.8) is 0 Å². The summed E-state index contributed by atoms with van der Waals surface area (Å²) >= 11 is 0. The Balaban J connectivity index is 1.52. The van der Waals surface area contributed by atoms with Gasteiger partial charge in [0.1, 0.15) is 11.4 Å². The number of benzene rings is 1. The fourth-order valence-electron chi connectivity index (χ4n) is 3.96. The minimum absolute atomic E-state index is 0.291. The molecule has 1 atom stereocenters. The van der Waals surface area contributed by atoms with Crippen molar-refractivity contribution >= 4 is 0 Å². The van der Waals surface area contributed by atoms with Gasteiger partial charge in [0.25, 0.3) is 0 Å². The second-order valence-corrected chi connectivity index (χ2v) is 6.78. The molecular weight excluding hydrogens is 302 g/mol. The zero-order valence-corrected chi connectivity index (χ0v) is 14.0. The number of hydrogen-bond acceptors (Lipinski definition) is 4. The van der Waals surface area contributed by atoms with Gasteiger partial charge in [-0.3, -0.25) is 4.90 Å². The molecule has 5 nitrogen and oxygen atoms in total. The fourth-order valence-corrected chi connectivity index (χ4v) is 3.96. The summed E-state index contributed by atoms with van der Waals surface area (Å²) in [6, 6.07) is 7.45. The molecule has 1 unspecified atom stereocenters. The molecule has 5 heteroatoms. The predicted octanol–water partition coefficient (Wildman–Crippen LogP) is 2.72. The topological polar surface area (TPSA) is 50.5 Å². The van der Waals surface area contributed by atoms with Gasteiger partial charge in [-0.25, -0.2) is 4.68 Å². The van der Waals surface area contributed by atoms with Crippen LogP contribution in [0.3, 0.4) is 0 Å². The Morgan fingerprint density at radius 1 is 1.21 bits per heavy atom. The molecule has 1 aliphatic heterocycles. The van der Waals surface area contributed by atoms with E-state index < -0.39 is 0 Å². The molecule has 0 radical (unpaired) electrons. The van der Waals surface area contributed by atoms with Crippen molar-refractivity contribution in [2.24, 2.45) is 0 Å². The van der Waals surface area contributed by atoms with E-state index in [1.165, 1.54) is 30.5 Å². The van der Waals surface area contributed by atoms with Gasteiger partial charge in [-0.05, 0) is 55.8 Å². The number of nitrogens with zero attached hydrogens (tertiary/aromatic N) is 3. The third-order valence-corrected chi connectivity index (χ3v) is 5.31. The monoisotopic (exact) mass is 327 g/mol. The van der Waals surface area contributed by atoms with E-state index in [9.17, 15) is 5.11 Å². The zero-order valence-electron chi connectivity index (χ0n) is 14.0. The first-order chi connectivity index (χ1) is 11.8. The van der Waals surface area contributed by atoms with Gasteiger partial charge in [-0.2, -0.15) is 5.10 Å². The van der Waals surface area contributed by atoms with Crippen molar-refractivity contribution in [3.05, 3.63) is 41.7 Å². The fraction of sp³-hybridized carbons (Fsp3) is 0.526. The summed E-state index contributed by atoms with van der Waals surface area (Å²) in [5, 5.41) is 14.7.